The minimum Gasteiger partial charge on any atom is -0.380 e. The van der Waals surface area contributed by atoms with Crippen molar-refractivity contribution >= 4 is 0 Å². The third-order valence-electron chi connectivity index (χ3n) is 2.22. The molecule has 2 aromatic rings. The van der Waals surface area contributed by atoms with Gasteiger partial charge in [0.1, 0.15) is 17.7 Å². The molecule has 0 bridgehead atoms. The number of hydrogen-bond donors (Lipinski definition) is 2. The van der Waals surface area contributed by atoms with Crippen molar-refractivity contribution in [2.75, 3.05) is 0 Å². The van der Waals surface area contributed by atoms with Crippen molar-refractivity contribution < 1.29 is 9.50 Å². The summed E-state index contributed by atoms with van der Waals surface area (Å²) < 4.78 is 13.4. The maximum Gasteiger partial charge on any atom is 0.139 e. The summed E-state index contributed by atoms with van der Waals surface area (Å²) >= 11 is 0. The van der Waals surface area contributed by atoms with E-state index in [2.05, 4.69) is 9.97 Å². The Morgan fingerprint density at radius 1 is 1.47 bits per heavy atom. The summed E-state index contributed by atoms with van der Waals surface area (Å²) in [4.78, 5) is 6.65. The van der Waals surface area contributed by atoms with Crippen molar-refractivity contribution in [2.45, 2.75) is 13.0 Å². The summed E-state index contributed by atoms with van der Waals surface area (Å²) in [5, 5.41) is 9.85. The van der Waals surface area contributed by atoms with Gasteiger partial charge in [0.15, 0.2) is 0 Å². The van der Waals surface area contributed by atoms with Crippen LogP contribution in [0.25, 0.3) is 0 Å². The van der Waals surface area contributed by atoms with Gasteiger partial charge in [-0.15, -0.1) is 0 Å². The smallest absolute Gasteiger partial charge is 0.139 e. The Balaban J connectivity index is 2.41. The van der Waals surface area contributed by atoms with Crippen molar-refractivity contribution in [3.05, 3.63) is 53.4 Å². The lowest BCUT2D eigenvalue weighted by atomic mass is 10.1. The molecule has 1 aromatic heterocycles. The molecule has 0 aliphatic rings. The normalized spacial score (nSPS) is 12.7. The minimum atomic E-state index is -1.04. The van der Waals surface area contributed by atoms with E-state index in [1.54, 1.807) is 18.3 Å². The number of nitrogens with one attached hydrogen (secondary N) is 1. The SMILES string of the molecule is Cc1ccc(F)c(C(O)c2ncc[nH]2)c1. The molecule has 15 heavy (non-hydrogen) atoms. The predicted molar refractivity (Wildman–Crippen MR) is 53.8 cm³/mol. The first-order valence-electron chi connectivity index (χ1n) is 4.62. The monoisotopic (exact) mass is 206 g/mol. The molecule has 0 fully saturated rings. The molecule has 0 saturated carbocycles. The third kappa shape index (κ3) is 1.89. The first-order chi connectivity index (χ1) is 7.18. The van der Waals surface area contributed by atoms with Crippen molar-refractivity contribution in [3.63, 3.8) is 0 Å². The standard InChI is InChI=1S/C11H11FN2O/c1-7-2-3-9(12)8(6-7)10(15)11-13-4-5-14-11/h2-6,10,15H,1H3,(H,13,14). The van der Waals surface area contributed by atoms with Gasteiger partial charge in [-0.05, 0) is 13.0 Å². The average molecular weight is 206 g/mol. The van der Waals surface area contributed by atoms with E-state index in [-0.39, 0.29) is 5.56 Å². The van der Waals surface area contributed by atoms with E-state index in [0.29, 0.717) is 5.82 Å². The quantitative estimate of drug-likeness (QED) is 0.788. The number of nitrogens with zero attached hydrogens (tertiary/aromatic N) is 1. The highest BCUT2D eigenvalue weighted by Crippen LogP contribution is 2.22. The number of benzene rings is 1. The molecule has 3 nitrogen and oxygen atoms in total. The van der Waals surface area contributed by atoms with E-state index in [9.17, 15) is 9.50 Å². The van der Waals surface area contributed by atoms with Crippen LogP contribution in [-0.2, 0) is 0 Å². The van der Waals surface area contributed by atoms with E-state index in [1.807, 2.05) is 6.92 Å². The summed E-state index contributed by atoms with van der Waals surface area (Å²) in [6.07, 6.45) is 2.07. The molecule has 0 spiro atoms. The molecule has 1 aromatic carbocycles. The fraction of sp³-hybridized carbons (Fsp3) is 0.182. The molecule has 78 valence electrons. The first-order valence-corrected chi connectivity index (χ1v) is 4.62. The van der Waals surface area contributed by atoms with Gasteiger partial charge in [0.2, 0.25) is 0 Å². The van der Waals surface area contributed by atoms with Crippen molar-refractivity contribution in [2.24, 2.45) is 0 Å². The van der Waals surface area contributed by atoms with Gasteiger partial charge < -0.3 is 10.1 Å². The number of rotatable bonds is 2. The molecule has 1 heterocycles. The molecule has 4 heteroatoms. The molecule has 0 radical (unpaired) electrons. The molecule has 0 aliphatic heterocycles. The fourth-order valence-corrected chi connectivity index (χ4v) is 1.45. The molecule has 2 N–H and O–H groups in total. The van der Waals surface area contributed by atoms with Crippen LogP contribution in [0.1, 0.15) is 23.1 Å². The topological polar surface area (TPSA) is 48.9 Å². The van der Waals surface area contributed by atoms with Crippen molar-refractivity contribution in [1.82, 2.24) is 9.97 Å². The van der Waals surface area contributed by atoms with Crippen LogP contribution in [0.4, 0.5) is 4.39 Å². The van der Waals surface area contributed by atoms with Gasteiger partial charge in [-0.25, -0.2) is 9.37 Å². The van der Waals surface area contributed by atoms with E-state index in [4.69, 9.17) is 0 Å². The lowest BCUT2D eigenvalue weighted by Gasteiger charge is -2.09. The van der Waals surface area contributed by atoms with Crippen molar-refractivity contribution in [1.29, 1.82) is 0 Å². The highest BCUT2D eigenvalue weighted by atomic mass is 19.1. The first kappa shape index (κ1) is 9.86. The number of aromatic amines is 1. The Morgan fingerprint density at radius 2 is 2.27 bits per heavy atom. The van der Waals surface area contributed by atoms with Gasteiger partial charge in [-0.1, -0.05) is 17.7 Å². The maximum atomic E-state index is 13.4. The second-order valence-electron chi connectivity index (χ2n) is 3.40. The lowest BCUT2D eigenvalue weighted by Crippen LogP contribution is -2.04. The number of H-pyrrole nitrogens is 1. The number of aromatic nitrogens is 2. The van der Waals surface area contributed by atoms with E-state index in [1.165, 1.54) is 12.3 Å². The zero-order valence-electron chi connectivity index (χ0n) is 8.24. The van der Waals surface area contributed by atoms with E-state index >= 15 is 0 Å². The van der Waals surface area contributed by atoms with E-state index < -0.39 is 11.9 Å². The van der Waals surface area contributed by atoms with Crippen molar-refractivity contribution in [3.8, 4) is 0 Å². The van der Waals surface area contributed by atoms with Crippen LogP contribution < -0.4 is 0 Å². The number of halogens is 1. The second kappa shape index (κ2) is 3.82. The third-order valence-corrected chi connectivity index (χ3v) is 2.22. The van der Waals surface area contributed by atoms with Crippen LogP contribution in [0.2, 0.25) is 0 Å². The van der Waals surface area contributed by atoms with Gasteiger partial charge in [0.05, 0.1) is 0 Å². The minimum absolute atomic E-state index is 0.241. The number of aliphatic hydroxyl groups excluding tert-OH is 1. The van der Waals surface area contributed by atoms with Gasteiger partial charge in [-0.2, -0.15) is 0 Å². The average Bonchev–Trinajstić information content (AvgIpc) is 2.74. The second-order valence-corrected chi connectivity index (χ2v) is 3.40. The Bertz CT molecular complexity index is 454. The molecule has 0 aliphatic carbocycles. The summed E-state index contributed by atoms with van der Waals surface area (Å²) in [5.74, 6) is -0.0796. The van der Waals surface area contributed by atoms with Gasteiger partial charge in [0.25, 0.3) is 0 Å². The number of imidazole rings is 1. The largest absolute Gasteiger partial charge is 0.380 e. The predicted octanol–water partition coefficient (Wildman–Crippen LogP) is 1.94. The van der Waals surface area contributed by atoms with Crippen LogP contribution in [0.3, 0.4) is 0 Å². The Morgan fingerprint density at radius 3 is 2.93 bits per heavy atom. The molecular weight excluding hydrogens is 195 g/mol. The zero-order chi connectivity index (χ0) is 10.8. The summed E-state index contributed by atoms with van der Waals surface area (Å²) in [6, 6.07) is 4.62. The molecule has 2 rings (SSSR count). The molecular formula is C11H11FN2O. The van der Waals surface area contributed by atoms with Crippen LogP contribution in [0.5, 0.6) is 0 Å². The molecule has 0 saturated heterocycles. The fourth-order valence-electron chi connectivity index (χ4n) is 1.45. The Kier molecular flexibility index (Phi) is 2.51. The summed E-state index contributed by atoms with van der Waals surface area (Å²) in [6.45, 7) is 1.85. The van der Waals surface area contributed by atoms with Crippen LogP contribution in [-0.4, -0.2) is 15.1 Å². The highest BCUT2D eigenvalue weighted by molar-refractivity contribution is 5.29. The zero-order valence-corrected chi connectivity index (χ0v) is 8.24. The lowest BCUT2D eigenvalue weighted by molar-refractivity contribution is 0.205. The van der Waals surface area contributed by atoms with E-state index in [0.717, 1.165) is 5.56 Å². The van der Waals surface area contributed by atoms with Gasteiger partial charge in [0, 0.05) is 18.0 Å². The number of hydrogen-bond acceptors (Lipinski definition) is 2. The maximum absolute atomic E-state index is 13.4. The molecule has 1 unspecified atom stereocenters. The Labute approximate surface area is 86.6 Å². The van der Waals surface area contributed by atoms with Crippen LogP contribution in [0.15, 0.2) is 30.6 Å². The molecule has 1 atom stereocenters. The van der Waals surface area contributed by atoms with Gasteiger partial charge >= 0.3 is 0 Å². The van der Waals surface area contributed by atoms with Gasteiger partial charge in [-0.3, -0.25) is 0 Å². The molecule has 0 amide bonds. The van der Waals surface area contributed by atoms with Crippen LogP contribution in [0, 0.1) is 12.7 Å². The number of aryl methyl sites for hydroxylation is 1. The summed E-state index contributed by atoms with van der Waals surface area (Å²) in [5.41, 5.74) is 1.14. The summed E-state index contributed by atoms with van der Waals surface area (Å²) in [7, 11) is 0. The Hall–Kier alpha value is -1.68. The van der Waals surface area contributed by atoms with Crippen LogP contribution >= 0.6 is 0 Å². The highest BCUT2D eigenvalue weighted by Gasteiger charge is 2.16. The number of aliphatic hydroxyl groups is 1.